The van der Waals surface area contributed by atoms with Gasteiger partial charge < -0.3 is 0 Å². The number of rotatable bonds is 3. The van der Waals surface area contributed by atoms with Crippen LogP contribution in [-0.2, 0) is 0 Å². The van der Waals surface area contributed by atoms with E-state index in [1.807, 2.05) is 0 Å². The lowest BCUT2D eigenvalue weighted by atomic mass is 10.6. The maximum absolute atomic E-state index is 13.2. The SMILES string of the molecule is NNc1ncc(F)c(Sc2nncs2)n1. The van der Waals surface area contributed by atoms with E-state index in [9.17, 15) is 4.39 Å². The lowest BCUT2D eigenvalue weighted by Crippen LogP contribution is -2.11. The maximum Gasteiger partial charge on any atom is 0.238 e. The molecule has 0 atom stereocenters. The minimum absolute atomic E-state index is 0.156. The Morgan fingerprint density at radius 3 is 3.07 bits per heavy atom. The number of aromatic nitrogens is 4. The number of anilines is 1. The van der Waals surface area contributed by atoms with Crippen LogP contribution in [0.5, 0.6) is 0 Å². The Bertz CT molecular complexity index is 447. The number of halogens is 1. The van der Waals surface area contributed by atoms with Gasteiger partial charge in [-0.1, -0.05) is 11.3 Å². The molecule has 2 aromatic rings. The van der Waals surface area contributed by atoms with Crippen molar-refractivity contribution >= 4 is 29.0 Å². The summed E-state index contributed by atoms with van der Waals surface area (Å²) in [7, 11) is 0. The molecular weight excluding hydrogens is 239 g/mol. The monoisotopic (exact) mass is 244 g/mol. The molecule has 9 heteroatoms. The predicted molar refractivity (Wildman–Crippen MR) is 53.8 cm³/mol. The van der Waals surface area contributed by atoms with Crippen LogP contribution in [-0.4, -0.2) is 20.2 Å². The van der Waals surface area contributed by atoms with E-state index >= 15 is 0 Å². The molecule has 0 aliphatic heterocycles. The largest absolute Gasteiger partial charge is 0.292 e. The fourth-order valence-corrected chi connectivity index (χ4v) is 2.16. The number of nitrogens with one attached hydrogen (secondary N) is 1. The summed E-state index contributed by atoms with van der Waals surface area (Å²) in [6, 6.07) is 0. The second-order valence-electron chi connectivity index (χ2n) is 2.30. The summed E-state index contributed by atoms with van der Waals surface area (Å²) in [5.41, 5.74) is 3.80. The molecule has 15 heavy (non-hydrogen) atoms. The zero-order valence-corrected chi connectivity index (χ0v) is 8.85. The summed E-state index contributed by atoms with van der Waals surface area (Å²) in [4.78, 5) is 7.46. The van der Waals surface area contributed by atoms with Crippen molar-refractivity contribution in [2.75, 3.05) is 5.43 Å². The molecule has 0 bridgehead atoms. The lowest BCUT2D eigenvalue weighted by molar-refractivity contribution is 0.580. The van der Waals surface area contributed by atoms with Gasteiger partial charge in [0.15, 0.2) is 10.2 Å². The van der Waals surface area contributed by atoms with Crippen molar-refractivity contribution in [3.63, 3.8) is 0 Å². The van der Waals surface area contributed by atoms with Gasteiger partial charge in [0.25, 0.3) is 0 Å². The summed E-state index contributed by atoms with van der Waals surface area (Å²) in [5.74, 6) is 4.75. The van der Waals surface area contributed by atoms with E-state index in [0.717, 1.165) is 18.0 Å². The van der Waals surface area contributed by atoms with Crippen molar-refractivity contribution in [3.8, 4) is 0 Å². The molecule has 0 spiro atoms. The van der Waals surface area contributed by atoms with Gasteiger partial charge in [-0.2, -0.15) is 0 Å². The average Bonchev–Trinajstić information content (AvgIpc) is 2.74. The highest BCUT2D eigenvalue weighted by Crippen LogP contribution is 2.28. The van der Waals surface area contributed by atoms with Gasteiger partial charge in [-0.15, -0.1) is 10.2 Å². The first-order chi connectivity index (χ1) is 7.29. The number of nitrogens with zero attached hydrogens (tertiary/aromatic N) is 4. The van der Waals surface area contributed by atoms with Crippen LogP contribution in [0, 0.1) is 5.82 Å². The Balaban J connectivity index is 2.27. The maximum atomic E-state index is 13.2. The van der Waals surface area contributed by atoms with E-state index in [0.29, 0.717) is 4.34 Å². The second kappa shape index (κ2) is 4.47. The Hall–Kier alpha value is -1.32. The molecule has 0 saturated carbocycles. The molecule has 2 aromatic heterocycles. The Morgan fingerprint density at radius 2 is 2.40 bits per heavy atom. The normalized spacial score (nSPS) is 10.3. The molecule has 0 unspecified atom stereocenters. The molecule has 6 nitrogen and oxygen atoms in total. The molecule has 0 aliphatic rings. The average molecular weight is 244 g/mol. The van der Waals surface area contributed by atoms with E-state index in [1.165, 1.54) is 11.3 Å². The van der Waals surface area contributed by atoms with Crippen LogP contribution < -0.4 is 11.3 Å². The van der Waals surface area contributed by atoms with E-state index < -0.39 is 5.82 Å². The van der Waals surface area contributed by atoms with Crippen molar-refractivity contribution in [2.24, 2.45) is 5.84 Å². The van der Waals surface area contributed by atoms with Gasteiger partial charge in [0, 0.05) is 0 Å². The Morgan fingerprint density at radius 1 is 1.53 bits per heavy atom. The Kier molecular flexibility index (Phi) is 3.04. The van der Waals surface area contributed by atoms with Crippen molar-refractivity contribution in [1.82, 2.24) is 20.2 Å². The first kappa shape index (κ1) is 10.2. The standard InChI is InChI=1S/C6H5FN6S2/c7-3-1-9-5(12-8)11-4(3)15-6-13-10-2-14-6/h1-2H,8H2,(H,9,11,12). The third-order valence-corrected chi connectivity index (χ3v) is 3.12. The molecule has 0 saturated heterocycles. The number of nitrogens with two attached hydrogens (primary N) is 1. The first-order valence-corrected chi connectivity index (χ1v) is 5.42. The van der Waals surface area contributed by atoms with Gasteiger partial charge in [-0.3, -0.25) is 5.43 Å². The fourth-order valence-electron chi connectivity index (χ4n) is 0.783. The highest BCUT2D eigenvalue weighted by molar-refractivity contribution is 8.00. The van der Waals surface area contributed by atoms with Gasteiger partial charge in [0.2, 0.25) is 5.95 Å². The van der Waals surface area contributed by atoms with Crippen LogP contribution in [0.15, 0.2) is 21.1 Å². The third kappa shape index (κ3) is 2.37. The second-order valence-corrected chi connectivity index (χ2v) is 4.37. The predicted octanol–water partition coefficient (Wildman–Crippen LogP) is 0.904. The van der Waals surface area contributed by atoms with Crippen LogP contribution >= 0.6 is 23.1 Å². The van der Waals surface area contributed by atoms with Crippen LogP contribution in [0.1, 0.15) is 0 Å². The zero-order chi connectivity index (χ0) is 10.7. The molecule has 3 N–H and O–H groups in total. The number of hydrogen-bond donors (Lipinski definition) is 2. The molecule has 0 radical (unpaired) electrons. The zero-order valence-electron chi connectivity index (χ0n) is 7.22. The van der Waals surface area contributed by atoms with Crippen LogP contribution in [0.4, 0.5) is 10.3 Å². The summed E-state index contributed by atoms with van der Waals surface area (Å²) in [6.45, 7) is 0. The van der Waals surface area contributed by atoms with Crippen LogP contribution in [0.25, 0.3) is 0 Å². The van der Waals surface area contributed by atoms with Gasteiger partial charge in [0.05, 0.1) is 6.20 Å². The molecule has 0 aromatic carbocycles. The number of hydrogen-bond acceptors (Lipinski definition) is 8. The molecule has 2 rings (SSSR count). The van der Waals surface area contributed by atoms with Crippen molar-refractivity contribution in [2.45, 2.75) is 9.37 Å². The van der Waals surface area contributed by atoms with Crippen molar-refractivity contribution in [1.29, 1.82) is 0 Å². The molecule has 0 amide bonds. The number of hydrazine groups is 1. The fraction of sp³-hybridized carbons (Fsp3) is 0. The van der Waals surface area contributed by atoms with Crippen LogP contribution in [0.3, 0.4) is 0 Å². The topological polar surface area (TPSA) is 89.6 Å². The van der Waals surface area contributed by atoms with Crippen LogP contribution in [0.2, 0.25) is 0 Å². The highest BCUT2D eigenvalue weighted by atomic mass is 32.2. The van der Waals surface area contributed by atoms with Gasteiger partial charge >= 0.3 is 0 Å². The summed E-state index contributed by atoms with van der Waals surface area (Å²) >= 11 is 2.38. The van der Waals surface area contributed by atoms with E-state index in [2.05, 4.69) is 25.6 Å². The molecule has 0 aliphatic carbocycles. The molecular formula is C6H5FN6S2. The summed E-state index contributed by atoms with van der Waals surface area (Å²) in [6.07, 6.45) is 1.05. The van der Waals surface area contributed by atoms with Crippen molar-refractivity contribution in [3.05, 3.63) is 17.5 Å². The minimum Gasteiger partial charge on any atom is -0.292 e. The summed E-state index contributed by atoms with van der Waals surface area (Å²) < 4.78 is 13.8. The molecule has 0 fully saturated rings. The van der Waals surface area contributed by atoms with Gasteiger partial charge in [-0.25, -0.2) is 20.2 Å². The quantitative estimate of drug-likeness (QED) is 0.471. The smallest absolute Gasteiger partial charge is 0.238 e. The molecule has 2 heterocycles. The molecule has 78 valence electrons. The first-order valence-electron chi connectivity index (χ1n) is 3.73. The van der Waals surface area contributed by atoms with Crippen molar-refractivity contribution < 1.29 is 4.39 Å². The van der Waals surface area contributed by atoms with Gasteiger partial charge in [-0.05, 0) is 11.8 Å². The lowest BCUT2D eigenvalue weighted by Gasteiger charge is -2.01. The van der Waals surface area contributed by atoms with Gasteiger partial charge in [0.1, 0.15) is 10.5 Å². The Labute approximate surface area is 92.1 Å². The van der Waals surface area contributed by atoms with E-state index in [-0.39, 0.29) is 11.0 Å². The number of nitrogen functional groups attached to an aromatic ring is 1. The third-order valence-electron chi connectivity index (χ3n) is 1.37. The minimum atomic E-state index is -0.519. The highest BCUT2D eigenvalue weighted by Gasteiger charge is 2.10. The van der Waals surface area contributed by atoms with E-state index in [1.54, 1.807) is 5.51 Å². The summed E-state index contributed by atoms with van der Waals surface area (Å²) in [5, 5.41) is 7.55. The van der Waals surface area contributed by atoms with E-state index in [4.69, 9.17) is 5.84 Å².